The molecule has 0 bridgehead atoms. The molecule has 0 radical (unpaired) electrons. The number of piperazine rings is 1. The van der Waals surface area contributed by atoms with Crippen LogP contribution in [0.3, 0.4) is 0 Å². The second kappa shape index (κ2) is 9.69. The Kier molecular flexibility index (Phi) is 7.86. The first-order chi connectivity index (χ1) is 12.6. The molecule has 10 heteroatoms. The van der Waals surface area contributed by atoms with Crippen molar-refractivity contribution in [2.75, 3.05) is 58.5 Å². The number of amides is 1. The molecule has 0 aliphatic carbocycles. The molecule has 2 fully saturated rings. The quantitative estimate of drug-likeness (QED) is 0.374. The van der Waals surface area contributed by atoms with Crippen LogP contribution in [0.25, 0.3) is 0 Å². The minimum Gasteiger partial charge on any atom is -0.381 e. The maximum Gasteiger partial charge on any atom is 0.246 e. The molecule has 2 aliphatic rings. The number of carbonyl (C=O) groups excluding carboxylic acids is 1. The number of anilines is 1. The number of methoxy groups -OCH3 is 1. The van der Waals surface area contributed by atoms with Gasteiger partial charge in [-0.1, -0.05) is 0 Å². The van der Waals surface area contributed by atoms with Crippen molar-refractivity contribution in [3.05, 3.63) is 12.4 Å². The van der Waals surface area contributed by atoms with Gasteiger partial charge in [0.2, 0.25) is 5.91 Å². The fourth-order valence-electron chi connectivity index (χ4n) is 3.44. The monoisotopic (exact) mass is 492 g/mol. The number of ether oxygens (including phenoxy) is 2. The lowest BCUT2D eigenvalue weighted by Gasteiger charge is -2.39. The van der Waals surface area contributed by atoms with Crippen LogP contribution >= 0.6 is 24.0 Å². The third-order valence-electron chi connectivity index (χ3n) is 5.14. The maximum absolute atomic E-state index is 12.6. The van der Waals surface area contributed by atoms with Crippen molar-refractivity contribution in [3.63, 3.8) is 0 Å². The molecular weight excluding hydrogens is 463 g/mol. The van der Waals surface area contributed by atoms with Gasteiger partial charge in [-0.25, -0.2) is 0 Å². The van der Waals surface area contributed by atoms with Gasteiger partial charge in [-0.05, 0) is 0 Å². The smallest absolute Gasteiger partial charge is 0.246 e. The first-order valence-corrected chi connectivity index (χ1v) is 8.94. The highest BCUT2D eigenvalue weighted by atomic mass is 127. The number of nitrogens with zero attached hydrogens (tertiary/aromatic N) is 5. The Morgan fingerprint density at radius 1 is 1.41 bits per heavy atom. The van der Waals surface area contributed by atoms with Crippen LogP contribution in [0.1, 0.15) is 12.8 Å². The van der Waals surface area contributed by atoms with E-state index >= 15 is 0 Å². The molecule has 1 N–H and O–H groups in total. The van der Waals surface area contributed by atoms with E-state index in [9.17, 15) is 4.79 Å². The van der Waals surface area contributed by atoms with Crippen molar-refractivity contribution >= 4 is 41.5 Å². The second-order valence-electron chi connectivity index (χ2n) is 6.74. The molecule has 0 aromatic carbocycles. The summed E-state index contributed by atoms with van der Waals surface area (Å²) in [5, 5.41) is 7.53. The third-order valence-corrected chi connectivity index (χ3v) is 5.14. The van der Waals surface area contributed by atoms with E-state index in [-0.39, 0.29) is 42.0 Å². The summed E-state index contributed by atoms with van der Waals surface area (Å²) in [7, 11) is 5.33. The molecule has 0 atom stereocenters. The molecule has 152 valence electrons. The molecule has 3 rings (SSSR count). The van der Waals surface area contributed by atoms with Gasteiger partial charge in [-0.15, -0.1) is 24.0 Å². The van der Waals surface area contributed by atoms with Gasteiger partial charge in [-0.2, -0.15) is 5.10 Å². The van der Waals surface area contributed by atoms with Crippen molar-refractivity contribution in [2.24, 2.45) is 12.0 Å². The zero-order valence-electron chi connectivity index (χ0n) is 16.2. The van der Waals surface area contributed by atoms with Crippen LogP contribution < -0.4 is 10.2 Å². The lowest BCUT2D eigenvalue weighted by molar-refractivity contribution is -0.120. The molecule has 1 aromatic heterocycles. The standard InChI is InChI=1S/C17H28N6O3.HI/c1-18-16(19-13-17(25-3)4-8-26-9-5-17)22-6-7-23(15(24)12-22)14-10-20-21(2)11-14;/h10-11H,4-9,12-13H2,1-3H3,(H,18,19);1H. The predicted octanol–water partition coefficient (Wildman–Crippen LogP) is 0.458. The molecule has 3 heterocycles. The molecule has 1 aromatic rings. The zero-order chi connectivity index (χ0) is 18.6. The summed E-state index contributed by atoms with van der Waals surface area (Å²) < 4.78 is 12.9. The fraction of sp³-hybridized carbons (Fsp3) is 0.706. The Hall–Kier alpha value is -1.40. The van der Waals surface area contributed by atoms with Gasteiger partial charge >= 0.3 is 0 Å². The van der Waals surface area contributed by atoms with Gasteiger partial charge in [0.15, 0.2) is 5.96 Å². The number of carbonyl (C=O) groups is 1. The van der Waals surface area contributed by atoms with Crippen molar-refractivity contribution in [1.82, 2.24) is 20.0 Å². The molecule has 0 saturated carbocycles. The second-order valence-corrected chi connectivity index (χ2v) is 6.74. The van der Waals surface area contributed by atoms with E-state index < -0.39 is 0 Å². The van der Waals surface area contributed by atoms with Crippen LogP contribution in [0.4, 0.5) is 5.69 Å². The van der Waals surface area contributed by atoms with Gasteiger partial charge in [0.05, 0.1) is 17.5 Å². The molecule has 27 heavy (non-hydrogen) atoms. The number of guanidine groups is 1. The van der Waals surface area contributed by atoms with Crippen LogP contribution in [-0.2, 0) is 21.3 Å². The largest absolute Gasteiger partial charge is 0.381 e. The number of aromatic nitrogens is 2. The summed E-state index contributed by atoms with van der Waals surface area (Å²) >= 11 is 0. The molecule has 2 aliphatic heterocycles. The number of hydrogen-bond donors (Lipinski definition) is 1. The molecule has 9 nitrogen and oxygen atoms in total. The van der Waals surface area contributed by atoms with Gasteiger partial charge in [0, 0.05) is 73.1 Å². The van der Waals surface area contributed by atoms with Crippen molar-refractivity contribution in [1.29, 1.82) is 0 Å². The van der Waals surface area contributed by atoms with Crippen LogP contribution in [0.15, 0.2) is 17.4 Å². The number of rotatable bonds is 4. The Morgan fingerprint density at radius 3 is 2.70 bits per heavy atom. The lowest BCUT2D eigenvalue weighted by Crippen LogP contribution is -2.57. The van der Waals surface area contributed by atoms with Gasteiger partial charge in [0.1, 0.15) is 6.54 Å². The highest BCUT2D eigenvalue weighted by Crippen LogP contribution is 2.23. The van der Waals surface area contributed by atoms with E-state index in [1.807, 2.05) is 18.1 Å². The van der Waals surface area contributed by atoms with Crippen LogP contribution in [0.2, 0.25) is 0 Å². The van der Waals surface area contributed by atoms with Gasteiger partial charge in [-0.3, -0.25) is 14.5 Å². The Morgan fingerprint density at radius 2 is 2.15 bits per heavy atom. The van der Waals surface area contributed by atoms with E-state index in [0.29, 0.717) is 32.8 Å². The summed E-state index contributed by atoms with van der Waals surface area (Å²) in [5.74, 6) is 0.770. The predicted molar refractivity (Wildman–Crippen MR) is 114 cm³/mol. The Bertz CT molecular complexity index is 659. The van der Waals surface area contributed by atoms with E-state index in [1.54, 1.807) is 29.9 Å². The fourth-order valence-corrected chi connectivity index (χ4v) is 3.44. The van der Waals surface area contributed by atoms with E-state index in [1.165, 1.54) is 0 Å². The van der Waals surface area contributed by atoms with Crippen molar-refractivity contribution in [3.8, 4) is 0 Å². The summed E-state index contributed by atoms with van der Waals surface area (Å²) in [6.45, 7) is 3.67. The SMILES string of the molecule is CN=C(NCC1(OC)CCOCC1)N1CCN(c2cnn(C)c2)C(=O)C1.I. The minimum absolute atomic E-state index is 0. The number of hydrogen-bond acceptors (Lipinski definition) is 5. The maximum atomic E-state index is 12.6. The van der Waals surface area contributed by atoms with Gasteiger partial charge in [0.25, 0.3) is 0 Å². The molecule has 0 unspecified atom stereocenters. The first kappa shape index (κ1) is 21.9. The number of halogens is 1. The topological polar surface area (TPSA) is 84.2 Å². The molecular formula is C17H29IN6O3. The van der Waals surface area contributed by atoms with Crippen LogP contribution in [-0.4, -0.2) is 85.7 Å². The van der Waals surface area contributed by atoms with E-state index in [2.05, 4.69) is 15.4 Å². The average molecular weight is 492 g/mol. The van der Waals surface area contributed by atoms with Crippen LogP contribution in [0, 0.1) is 0 Å². The summed E-state index contributed by atoms with van der Waals surface area (Å²) in [6, 6.07) is 0. The normalized spacial score (nSPS) is 20.4. The first-order valence-electron chi connectivity index (χ1n) is 8.94. The summed E-state index contributed by atoms with van der Waals surface area (Å²) in [4.78, 5) is 20.7. The molecule has 2 saturated heterocycles. The van der Waals surface area contributed by atoms with Crippen molar-refractivity contribution < 1.29 is 14.3 Å². The minimum atomic E-state index is -0.240. The van der Waals surface area contributed by atoms with Gasteiger partial charge < -0.3 is 24.6 Å². The van der Waals surface area contributed by atoms with E-state index in [0.717, 1.165) is 24.5 Å². The lowest BCUT2D eigenvalue weighted by atomic mass is 9.94. The summed E-state index contributed by atoms with van der Waals surface area (Å²) in [5.41, 5.74) is 0.594. The Labute approximate surface area is 177 Å². The van der Waals surface area contributed by atoms with Crippen LogP contribution in [0.5, 0.6) is 0 Å². The highest BCUT2D eigenvalue weighted by molar-refractivity contribution is 14.0. The van der Waals surface area contributed by atoms with Crippen molar-refractivity contribution in [2.45, 2.75) is 18.4 Å². The zero-order valence-corrected chi connectivity index (χ0v) is 18.5. The third kappa shape index (κ3) is 5.11. The number of aliphatic imine (C=N–C) groups is 1. The molecule has 0 spiro atoms. The number of nitrogens with one attached hydrogen (secondary N) is 1. The average Bonchev–Trinajstić information content (AvgIpc) is 3.09. The highest BCUT2D eigenvalue weighted by Gasteiger charge is 2.34. The molecule has 1 amide bonds. The summed E-state index contributed by atoms with van der Waals surface area (Å²) in [6.07, 6.45) is 5.27. The Balaban J connectivity index is 0.00000261. The van der Waals surface area contributed by atoms with E-state index in [4.69, 9.17) is 9.47 Å². The number of aryl methyl sites for hydroxylation is 1.